The first-order chi connectivity index (χ1) is 12.3. The SMILES string of the molecule is NC1(C(=O)NO)CCC(S(=O)(=O)c2ccc(-c3ccc(F)cc3)cc2)C1. The first-order valence-electron chi connectivity index (χ1n) is 8.09. The number of benzene rings is 2. The molecular weight excluding hydrogens is 359 g/mol. The Hall–Kier alpha value is -2.29. The van der Waals surface area contributed by atoms with Crippen LogP contribution < -0.4 is 11.2 Å². The van der Waals surface area contributed by atoms with Gasteiger partial charge in [-0.15, -0.1) is 0 Å². The Balaban J connectivity index is 1.82. The fraction of sp³-hybridized carbons (Fsp3) is 0.278. The monoisotopic (exact) mass is 378 g/mol. The van der Waals surface area contributed by atoms with Crippen molar-refractivity contribution in [1.29, 1.82) is 0 Å². The summed E-state index contributed by atoms with van der Waals surface area (Å²) in [5.41, 5.74) is 7.58. The van der Waals surface area contributed by atoms with Crippen molar-refractivity contribution in [2.75, 3.05) is 0 Å². The zero-order valence-corrected chi connectivity index (χ0v) is 14.7. The molecule has 0 saturated heterocycles. The van der Waals surface area contributed by atoms with E-state index in [1.165, 1.54) is 29.7 Å². The Labute approximate surface area is 150 Å². The van der Waals surface area contributed by atoms with Crippen molar-refractivity contribution in [1.82, 2.24) is 5.48 Å². The van der Waals surface area contributed by atoms with Gasteiger partial charge in [0.05, 0.1) is 15.7 Å². The highest BCUT2D eigenvalue weighted by atomic mass is 32.2. The van der Waals surface area contributed by atoms with Gasteiger partial charge in [-0.25, -0.2) is 18.3 Å². The molecule has 1 aliphatic rings. The van der Waals surface area contributed by atoms with Gasteiger partial charge in [0.15, 0.2) is 9.84 Å². The van der Waals surface area contributed by atoms with Gasteiger partial charge in [0.25, 0.3) is 5.91 Å². The van der Waals surface area contributed by atoms with E-state index in [9.17, 15) is 17.6 Å². The minimum absolute atomic E-state index is 0.0541. The number of nitrogens with one attached hydrogen (secondary N) is 1. The van der Waals surface area contributed by atoms with E-state index >= 15 is 0 Å². The number of halogens is 1. The predicted octanol–water partition coefficient (Wildman–Crippen LogP) is 2.02. The second-order valence-corrected chi connectivity index (χ2v) is 8.77. The van der Waals surface area contributed by atoms with Crippen molar-refractivity contribution in [2.24, 2.45) is 5.73 Å². The Morgan fingerprint density at radius 3 is 2.19 bits per heavy atom. The highest BCUT2D eigenvalue weighted by Crippen LogP contribution is 2.35. The molecule has 26 heavy (non-hydrogen) atoms. The maximum absolute atomic E-state index is 13.0. The molecule has 0 heterocycles. The third-order valence-electron chi connectivity index (χ3n) is 4.86. The van der Waals surface area contributed by atoms with Crippen LogP contribution in [0.3, 0.4) is 0 Å². The van der Waals surface area contributed by atoms with Crippen LogP contribution in [0.4, 0.5) is 4.39 Å². The van der Waals surface area contributed by atoms with E-state index in [-0.39, 0.29) is 30.0 Å². The Kier molecular flexibility index (Phi) is 4.83. The highest BCUT2D eigenvalue weighted by Gasteiger charge is 2.46. The lowest BCUT2D eigenvalue weighted by Gasteiger charge is -2.21. The number of hydrogen-bond donors (Lipinski definition) is 3. The van der Waals surface area contributed by atoms with Crippen LogP contribution in [-0.2, 0) is 14.6 Å². The van der Waals surface area contributed by atoms with E-state index in [0.717, 1.165) is 11.1 Å². The van der Waals surface area contributed by atoms with Gasteiger partial charge in [-0.3, -0.25) is 10.0 Å². The fourth-order valence-electron chi connectivity index (χ4n) is 3.28. The predicted molar refractivity (Wildman–Crippen MR) is 93.5 cm³/mol. The molecule has 6 nitrogen and oxygen atoms in total. The van der Waals surface area contributed by atoms with E-state index in [0.29, 0.717) is 0 Å². The quantitative estimate of drug-likeness (QED) is 0.557. The van der Waals surface area contributed by atoms with Crippen LogP contribution in [0.15, 0.2) is 53.4 Å². The third kappa shape index (κ3) is 3.35. The number of nitrogens with two attached hydrogens (primary N) is 1. The number of hydrogen-bond acceptors (Lipinski definition) is 5. The lowest BCUT2D eigenvalue weighted by molar-refractivity contribution is -0.134. The minimum Gasteiger partial charge on any atom is -0.317 e. The Bertz CT molecular complexity index is 913. The van der Waals surface area contributed by atoms with Gasteiger partial charge in [0.2, 0.25) is 0 Å². The molecule has 0 bridgehead atoms. The fourth-order valence-corrected chi connectivity index (χ4v) is 5.13. The summed E-state index contributed by atoms with van der Waals surface area (Å²) in [6.45, 7) is 0. The standard InChI is InChI=1S/C18H19FN2O4S/c19-14-5-1-12(2-6-14)13-3-7-15(8-4-13)26(24,25)16-9-10-18(20,11-16)17(22)21-23/h1-8,16,23H,9-11,20H2,(H,21,22). The summed E-state index contributed by atoms with van der Waals surface area (Å²) in [4.78, 5) is 11.8. The van der Waals surface area contributed by atoms with Gasteiger partial charge in [-0.05, 0) is 54.7 Å². The number of carbonyl (C=O) groups excluding carboxylic acids is 1. The molecule has 1 fully saturated rings. The molecule has 138 valence electrons. The van der Waals surface area contributed by atoms with Gasteiger partial charge in [0.1, 0.15) is 5.82 Å². The lowest BCUT2D eigenvalue weighted by atomic mass is 9.99. The van der Waals surface area contributed by atoms with Crippen molar-refractivity contribution in [3.05, 3.63) is 54.3 Å². The molecule has 8 heteroatoms. The summed E-state index contributed by atoms with van der Waals surface area (Å²) in [7, 11) is -3.66. The number of sulfone groups is 1. The van der Waals surface area contributed by atoms with E-state index in [1.807, 2.05) is 0 Å². The second-order valence-electron chi connectivity index (χ2n) is 6.54. The summed E-state index contributed by atoms with van der Waals surface area (Å²) in [6, 6.07) is 12.2. The van der Waals surface area contributed by atoms with Gasteiger partial charge < -0.3 is 5.73 Å². The number of amides is 1. The van der Waals surface area contributed by atoms with Crippen LogP contribution in [0.25, 0.3) is 11.1 Å². The molecule has 2 atom stereocenters. The molecule has 1 amide bonds. The third-order valence-corrected chi connectivity index (χ3v) is 7.07. The number of rotatable bonds is 4. The molecular formula is C18H19FN2O4S. The maximum Gasteiger partial charge on any atom is 0.263 e. The number of hydroxylamine groups is 1. The van der Waals surface area contributed by atoms with Crippen molar-refractivity contribution in [3.8, 4) is 11.1 Å². The maximum atomic E-state index is 13.0. The van der Waals surface area contributed by atoms with Crippen molar-refractivity contribution < 1.29 is 22.8 Å². The Morgan fingerprint density at radius 2 is 1.65 bits per heavy atom. The van der Waals surface area contributed by atoms with Crippen molar-refractivity contribution in [2.45, 2.75) is 34.9 Å². The lowest BCUT2D eigenvalue weighted by Crippen LogP contribution is -2.51. The van der Waals surface area contributed by atoms with Crippen LogP contribution in [0, 0.1) is 5.82 Å². The van der Waals surface area contributed by atoms with Crippen LogP contribution in [0.5, 0.6) is 0 Å². The molecule has 1 saturated carbocycles. The molecule has 2 aromatic rings. The molecule has 0 spiro atoms. The van der Waals surface area contributed by atoms with Gasteiger partial charge >= 0.3 is 0 Å². The first kappa shape index (κ1) is 18.5. The smallest absolute Gasteiger partial charge is 0.263 e. The van der Waals surface area contributed by atoms with Crippen LogP contribution in [-0.4, -0.2) is 30.3 Å². The molecule has 2 unspecified atom stereocenters. The van der Waals surface area contributed by atoms with Crippen molar-refractivity contribution in [3.63, 3.8) is 0 Å². The average Bonchev–Trinajstić information content (AvgIpc) is 3.06. The molecule has 0 radical (unpaired) electrons. The van der Waals surface area contributed by atoms with E-state index in [4.69, 9.17) is 10.9 Å². The zero-order valence-electron chi connectivity index (χ0n) is 13.9. The first-order valence-corrected chi connectivity index (χ1v) is 9.64. The zero-order chi connectivity index (χ0) is 18.9. The van der Waals surface area contributed by atoms with Gasteiger partial charge in [-0.1, -0.05) is 24.3 Å². The number of carbonyl (C=O) groups is 1. The second kappa shape index (κ2) is 6.79. The summed E-state index contributed by atoms with van der Waals surface area (Å²) in [5.74, 6) is -1.12. The molecule has 2 aromatic carbocycles. The topological polar surface area (TPSA) is 109 Å². The molecule has 4 N–H and O–H groups in total. The van der Waals surface area contributed by atoms with E-state index in [2.05, 4.69) is 0 Å². The minimum atomic E-state index is -3.66. The van der Waals surface area contributed by atoms with Crippen LogP contribution >= 0.6 is 0 Å². The highest BCUT2D eigenvalue weighted by molar-refractivity contribution is 7.92. The summed E-state index contributed by atoms with van der Waals surface area (Å²) in [6.07, 6.45) is 0.365. The van der Waals surface area contributed by atoms with Crippen LogP contribution in [0.2, 0.25) is 0 Å². The average molecular weight is 378 g/mol. The Morgan fingerprint density at radius 1 is 1.12 bits per heavy atom. The summed E-state index contributed by atoms with van der Waals surface area (Å²) >= 11 is 0. The van der Waals surface area contributed by atoms with Crippen molar-refractivity contribution >= 4 is 15.7 Å². The summed E-state index contributed by atoms with van der Waals surface area (Å²) in [5, 5.41) is 7.98. The van der Waals surface area contributed by atoms with Gasteiger partial charge in [0, 0.05) is 0 Å². The van der Waals surface area contributed by atoms with Crippen LogP contribution in [0.1, 0.15) is 19.3 Å². The van der Waals surface area contributed by atoms with E-state index in [1.54, 1.807) is 24.3 Å². The van der Waals surface area contributed by atoms with E-state index < -0.39 is 26.5 Å². The van der Waals surface area contributed by atoms with Gasteiger partial charge in [-0.2, -0.15) is 0 Å². The normalized spacial score (nSPS) is 23.0. The molecule has 3 rings (SSSR count). The molecule has 0 aromatic heterocycles. The molecule has 0 aliphatic heterocycles. The largest absolute Gasteiger partial charge is 0.317 e. The molecule has 1 aliphatic carbocycles. The summed E-state index contributed by atoms with van der Waals surface area (Å²) < 4.78 is 38.7.